The van der Waals surface area contributed by atoms with Crippen molar-refractivity contribution in [3.8, 4) is 11.5 Å². The second-order valence-electron chi connectivity index (χ2n) is 5.56. The van der Waals surface area contributed by atoms with Crippen LogP contribution in [0.4, 0.5) is 0 Å². The van der Waals surface area contributed by atoms with E-state index in [1.54, 1.807) is 0 Å². The van der Waals surface area contributed by atoms with Gasteiger partial charge in [-0.05, 0) is 56.6 Å². The average molecular weight is 262 g/mol. The van der Waals surface area contributed by atoms with Crippen LogP contribution in [0.25, 0.3) is 0 Å². The maximum absolute atomic E-state index is 5.41. The zero-order valence-electron chi connectivity index (χ0n) is 11.5. The van der Waals surface area contributed by atoms with Crippen molar-refractivity contribution in [2.75, 3.05) is 40.0 Å². The van der Waals surface area contributed by atoms with Crippen molar-refractivity contribution in [1.29, 1.82) is 0 Å². The van der Waals surface area contributed by atoms with Crippen molar-refractivity contribution in [2.45, 2.75) is 12.8 Å². The molecule has 104 valence electrons. The van der Waals surface area contributed by atoms with Gasteiger partial charge >= 0.3 is 0 Å². The highest BCUT2D eigenvalue weighted by atomic mass is 16.7. The lowest BCUT2D eigenvalue weighted by atomic mass is 10.1. The molecule has 0 amide bonds. The van der Waals surface area contributed by atoms with Gasteiger partial charge in [-0.3, -0.25) is 0 Å². The average Bonchev–Trinajstić information content (AvgIpc) is 3.06. The fourth-order valence-corrected chi connectivity index (χ4v) is 2.82. The van der Waals surface area contributed by atoms with Crippen molar-refractivity contribution in [2.24, 2.45) is 5.92 Å². The first kappa shape index (κ1) is 12.8. The standard InChI is InChI=1S/C15H22N2O2/c1-17(10-13-4-6-16-9-13)7-5-12-2-3-14-15(8-12)19-11-18-14/h2-3,8,13,16H,4-7,9-11H2,1H3. The van der Waals surface area contributed by atoms with Gasteiger partial charge in [0, 0.05) is 13.1 Å². The molecule has 2 heterocycles. The van der Waals surface area contributed by atoms with Gasteiger partial charge in [0.1, 0.15) is 0 Å². The molecule has 0 saturated carbocycles. The van der Waals surface area contributed by atoms with Gasteiger partial charge in [0.25, 0.3) is 0 Å². The molecule has 0 bridgehead atoms. The minimum Gasteiger partial charge on any atom is -0.454 e. The Morgan fingerprint density at radius 3 is 3.05 bits per heavy atom. The van der Waals surface area contributed by atoms with Gasteiger partial charge in [0.2, 0.25) is 6.79 Å². The number of hydrogen-bond acceptors (Lipinski definition) is 4. The summed E-state index contributed by atoms with van der Waals surface area (Å²) in [6.45, 7) is 5.00. The van der Waals surface area contributed by atoms with E-state index in [9.17, 15) is 0 Å². The summed E-state index contributed by atoms with van der Waals surface area (Å²) in [4.78, 5) is 2.43. The van der Waals surface area contributed by atoms with Crippen LogP contribution < -0.4 is 14.8 Å². The first-order valence-electron chi connectivity index (χ1n) is 7.09. The number of hydrogen-bond donors (Lipinski definition) is 1. The molecule has 0 radical (unpaired) electrons. The Balaban J connectivity index is 1.48. The Hall–Kier alpha value is -1.26. The lowest BCUT2D eigenvalue weighted by molar-refractivity contribution is 0.174. The van der Waals surface area contributed by atoms with E-state index in [2.05, 4.69) is 29.4 Å². The topological polar surface area (TPSA) is 33.7 Å². The second-order valence-corrected chi connectivity index (χ2v) is 5.56. The molecule has 2 aliphatic heterocycles. The van der Waals surface area contributed by atoms with Gasteiger partial charge in [-0.1, -0.05) is 6.07 Å². The predicted molar refractivity (Wildman–Crippen MR) is 74.7 cm³/mol. The Morgan fingerprint density at radius 1 is 1.32 bits per heavy atom. The molecule has 1 aromatic carbocycles. The number of rotatable bonds is 5. The summed E-state index contributed by atoms with van der Waals surface area (Å²) in [6.07, 6.45) is 2.38. The summed E-state index contributed by atoms with van der Waals surface area (Å²) in [5.41, 5.74) is 1.32. The van der Waals surface area contributed by atoms with E-state index in [0.29, 0.717) is 6.79 Å². The highest BCUT2D eigenvalue weighted by molar-refractivity contribution is 5.44. The highest BCUT2D eigenvalue weighted by Crippen LogP contribution is 2.32. The van der Waals surface area contributed by atoms with Crippen LogP contribution in [0, 0.1) is 5.92 Å². The lowest BCUT2D eigenvalue weighted by Crippen LogP contribution is -2.28. The summed E-state index contributed by atoms with van der Waals surface area (Å²) in [7, 11) is 2.21. The summed E-state index contributed by atoms with van der Waals surface area (Å²) >= 11 is 0. The molecule has 0 aliphatic carbocycles. The Labute approximate surface area is 114 Å². The number of nitrogens with zero attached hydrogens (tertiary/aromatic N) is 1. The Morgan fingerprint density at radius 2 is 2.21 bits per heavy atom. The number of likely N-dealkylation sites (N-methyl/N-ethyl adjacent to an activating group) is 1. The van der Waals surface area contributed by atoms with E-state index >= 15 is 0 Å². The van der Waals surface area contributed by atoms with Gasteiger partial charge in [0.15, 0.2) is 11.5 Å². The van der Waals surface area contributed by atoms with Crippen molar-refractivity contribution < 1.29 is 9.47 Å². The minimum absolute atomic E-state index is 0.355. The number of fused-ring (bicyclic) bond motifs is 1. The minimum atomic E-state index is 0.355. The molecule has 1 unspecified atom stereocenters. The van der Waals surface area contributed by atoms with Crippen LogP contribution in [0.15, 0.2) is 18.2 Å². The summed E-state index contributed by atoms with van der Waals surface area (Å²) in [6, 6.07) is 6.25. The Kier molecular flexibility index (Phi) is 3.89. The molecule has 1 atom stereocenters. The normalized spacial score (nSPS) is 21.3. The van der Waals surface area contributed by atoms with Crippen LogP contribution >= 0.6 is 0 Å². The number of ether oxygens (including phenoxy) is 2. The predicted octanol–water partition coefficient (Wildman–Crippen LogP) is 1.50. The molecule has 0 aromatic heterocycles. The molecule has 19 heavy (non-hydrogen) atoms. The van der Waals surface area contributed by atoms with Crippen LogP contribution in [-0.4, -0.2) is 44.9 Å². The summed E-state index contributed by atoms with van der Waals surface area (Å²) in [5.74, 6) is 2.58. The fraction of sp³-hybridized carbons (Fsp3) is 0.600. The third-order valence-corrected chi connectivity index (χ3v) is 3.95. The SMILES string of the molecule is CN(CCc1ccc2c(c1)OCO2)CC1CCNC1. The first-order chi connectivity index (χ1) is 9.31. The van der Waals surface area contributed by atoms with E-state index in [0.717, 1.165) is 30.4 Å². The van der Waals surface area contributed by atoms with Gasteiger partial charge in [-0.25, -0.2) is 0 Å². The quantitative estimate of drug-likeness (QED) is 0.872. The molecule has 1 saturated heterocycles. The largest absolute Gasteiger partial charge is 0.454 e. The van der Waals surface area contributed by atoms with Gasteiger partial charge < -0.3 is 19.7 Å². The monoisotopic (exact) mass is 262 g/mol. The van der Waals surface area contributed by atoms with E-state index in [1.807, 2.05) is 6.07 Å². The molecule has 3 rings (SSSR count). The van der Waals surface area contributed by atoms with Crippen molar-refractivity contribution in [3.63, 3.8) is 0 Å². The van der Waals surface area contributed by atoms with Crippen LogP contribution in [0.1, 0.15) is 12.0 Å². The van der Waals surface area contributed by atoms with E-state index < -0.39 is 0 Å². The zero-order valence-corrected chi connectivity index (χ0v) is 11.5. The molecule has 0 spiro atoms. The number of nitrogens with one attached hydrogen (secondary N) is 1. The molecule has 1 aromatic rings. The van der Waals surface area contributed by atoms with Gasteiger partial charge in [-0.2, -0.15) is 0 Å². The van der Waals surface area contributed by atoms with E-state index in [-0.39, 0.29) is 0 Å². The molecule has 2 aliphatic rings. The summed E-state index contributed by atoms with van der Waals surface area (Å²) in [5, 5.41) is 3.42. The van der Waals surface area contributed by atoms with E-state index in [4.69, 9.17) is 9.47 Å². The maximum atomic E-state index is 5.41. The van der Waals surface area contributed by atoms with Gasteiger partial charge in [-0.15, -0.1) is 0 Å². The first-order valence-corrected chi connectivity index (χ1v) is 7.09. The smallest absolute Gasteiger partial charge is 0.231 e. The third-order valence-electron chi connectivity index (χ3n) is 3.95. The van der Waals surface area contributed by atoms with Crippen LogP contribution in [-0.2, 0) is 6.42 Å². The molecule has 4 heteroatoms. The van der Waals surface area contributed by atoms with Crippen molar-refractivity contribution in [1.82, 2.24) is 10.2 Å². The van der Waals surface area contributed by atoms with Crippen LogP contribution in [0.3, 0.4) is 0 Å². The molecule has 1 N–H and O–H groups in total. The second kappa shape index (κ2) is 5.80. The zero-order chi connectivity index (χ0) is 13.1. The van der Waals surface area contributed by atoms with Crippen molar-refractivity contribution in [3.05, 3.63) is 23.8 Å². The highest BCUT2D eigenvalue weighted by Gasteiger charge is 2.17. The maximum Gasteiger partial charge on any atom is 0.231 e. The van der Waals surface area contributed by atoms with Crippen LogP contribution in [0.5, 0.6) is 11.5 Å². The number of benzene rings is 1. The lowest BCUT2D eigenvalue weighted by Gasteiger charge is -2.20. The molecular formula is C15H22N2O2. The van der Waals surface area contributed by atoms with Gasteiger partial charge in [0.05, 0.1) is 0 Å². The molecular weight excluding hydrogens is 240 g/mol. The third kappa shape index (κ3) is 3.19. The fourth-order valence-electron chi connectivity index (χ4n) is 2.82. The van der Waals surface area contributed by atoms with Crippen LogP contribution in [0.2, 0.25) is 0 Å². The Bertz CT molecular complexity index is 430. The molecule has 1 fully saturated rings. The molecule has 4 nitrogen and oxygen atoms in total. The van der Waals surface area contributed by atoms with E-state index in [1.165, 1.54) is 31.6 Å². The van der Waals surface area contributed by atoms with Crippen molar-refractivity contribution >= 4 is 0 Å². The summed E-state index contributed by atoms with van der Waals surface area (Å²) < 4.78 is 10.7.